The molecule has 0 radical (unpaired) electrons. The summed E-state index contributed by atoms with van der Waals surface area (Å²) < 4.78 is 15.5. The number of aromatic amines is 1. The number of para-hydroxylation sites is 2. The summed E-state index contributed by atoms with van der Waals surface area (Å²) in [5.74, 6) is -0.516. The van der Waals surface area contributed by atoms with Gasteiger partial charge in [0.1, 0.15) is 5.82 Å². The molecule has 1 N–H and O–H groups in total. The van der Waals surface area contributed by atoms with E-state index in [2.05, 4.69) is 42.8 Å². The fourth-order valence-electron chi connectivity index (χ4n) is 5.41. The number of benzene rings is 3. The summed E-state index contributed by atoms with van der Waals surface area (Å²) in [5.41, 5.74) is 6.07. The third-order valence-electron chi connectivity index (χ3n) is 7.77. The van der Waals surface area contributed by atoms with Crippen LogP contribution in [-0.2, 0) is 11.2 Å². The normalized spacial score (nSPS) is 18.6. The zero-order valence-corrected chi connectivity index (χ0v) is 23.8. The number of amides is 1. The number of carbonyl (C=O) groups is 1. The van der Waals surface area contributed by atoms with E-state index in [0.29, 0.717) is 28.6 Å². The van der Waals surface area contributed by atoms with Gasteiger partial charge in [0, 0.05) is 47.5 Å². The predicted molar refractivity (Wildman–Crippen MR) is 165 cm³/mol. The minimum atomic E-state index is -0.351. The fraction of sp³-hybridized carbons (Fsp3) is 0.212. The second-order valence-corrected chi connectivity index (χ2v) is 11.8. The lowest BCUT2D eigenvalue weighted by atomic mass is 9.88. The first-order valence-electron chi connectivity index (χ1n) is 13.4. The maximum atomic E-state index is 15.5. The van der Waals surface area contributed by atoms with Gasteiger partial charge in [0.25, 0.3) is 5.91 Å². The van der Waals surface area contributed by atoms with E-state index >= 15 is 4.39 Å². The number of thioether (sulfide) groups is 1. The third-order valence-corrected chi connectivity index (χ3v) is 8.78. The van der Waals surface area contributed by atoms with Gasteiger partial charge in [-0.1, -0.05) is 42.5 Å². The summed E-state index contributed by atoms with van der Waals surface area (Å²) >= 11 is 1.29. The summed E-state index contributed by atoms with van der Waals surface area (Å²) in [6, 6.07) is 21.2. The van der Waals surface area contributed by atoms with Crippen molar-refractivity contribution in [1.29, 1.82) is 0 Å². The van der Waals surface area contributed by atoms with Gasteiger partial charge in [-0.05, 0) is 86.5 Å². The largest absolute Gasteiger partial charge is 0.365 e. The number of carbonyl (C=O) groups excluding carboxylic acids is 1. The Bertz CT molecular complexity index is 1720. The van der Waals surface area contributed by atoms with Gasteiger partial charge in [0.2, 0.25) is 0 Å². The number of allylic oxidation sites excluding steroid dienone is 1. The number of amidine groups is 1. The van der Waals surface area contributed by atoms with Gasteiger partial charge in [-0.25, -0.2) is 9.38 Å². The van der Waals surface area contributed by atoms with Crippen molar-refractivity contribution in [2.75, 3.05) is 18.5 Å². The van der Waals surface area contributed by atoms with Crippen LogP contribution in [0.3, 0.4) is 0 Å². The van der Waals surface area contributed by atoms with Crippen molar-refractivity contribution < 1.29 is 9.18 Å². The number of rotatable bonds is 5. The van der Waals surface area contributed by atoms with Gasteiger partial charge in [-0.15, -0.1) is 0 Å². The molecule has 3 aromatic carbocycles. The number of nitrogens with one attached hydrogen (secondary N) is 1. The first-order valence-corrected chi connectivity index (χ1v) is 14.2. The molecule has 1 fully saturated rings. The monoisotopic (exact) mass is 550 g/mol. The van der Waals surface area contributed by atoms with Gasteiger partial charge in [0.15, 0.2) is 5.17 Å². The van der Waals surface area contributed by atoms with Crippen LogP contribution in [0.1, 0.15) is 37.5 Å². The fourth-order valence-corrected chi connectivity index (χ4v) is 6.43. The Morgan fingerprint density at radius 1 is 1.07 bits per heavy atom. The zero-order valence-electron chi connectivity index (χ0n) is 23.0. The third kappa shape index (κ3) is 4.75. The molecule has 3 heterocycles. The van der Waals surface area contributed by atoms with Gasteiger partial charge >= 0.3 is 0 Å². The number of nitrogens with zero attached hydrogens (tertiary/aromatic N) is 3. The Morgan fingerprint density at radius 3 is 2.62 bits per heavy atom. The average molecular weight is 551 g/mol. The molecule has 0 atom stereocenters. The van der Waals surface area contributed by atoms with Crippen molar-refractivity contribution in [2.24, 2.45) is 4.99 Å². The number of anilines is 1. The maximum Gasteiger partial charge on any atom is 0.266 e. The van der Waals surface area contributed by atoms with Crippen LogP contribution in [0.4, 0.5) is 15.8 Å². The first kappa shape index (κ1) is 26.1. The second kappa shape index (κ2) is 10.1. The van der Waals surface area contributed by atoms with E-state index in [1.165, 1.54) is 11.8 Å². The number of aromatic nitrogens is 1. The van der Waals surface area contributed by atoms with Crippen molar-refractivity contribution >= 4 is 56.8 Å². The number of H-pyrrole nitrogens is 1. The van der Waals surface area contributed by atoms with Gasteiger partial charge in [-0.3, -0.25) is 9.69 Å². The molecule has 1 saturated heterocycles. The van der Waals surface area contributed by atoms with E-state index in [1.807, 2.05) is 67.8 Å². The van der Waals surface area contributed by atoms with E-state index in [9.17, 15) is 4.79 Å². The highest BCUT2D eigenvalue weighted by atomic mass is 32.2. The molecule has 0 unspecified atom stereocenters. The van der Waals surface area contributed by atoms with E-state index in [4.69, 9.17) is 4.99 Å². The summed E-state index contributed by atoms with van der Waals surface area (Å²) in [6.45, 7) is 6.74. The molecule has 1 aromatic heterocycles. The summed E-state index contributed by atoms with van der Waals surface area (Å²) in [7, 11) is 1.98. The van der Waals surface area contributed by atoms with Crippen LogP contribution in [0.25, 0.3) is 22.6 Å². The Hall–Kier alpha value is -4.10. The highest BCUT2D eigenvalue weighted by Gasteiger charge is 2.34. The Labute approximate surface area is 238 Å². The molecule has 2 aliphatic rings. The lowest BCUT2D eigenvalue weighted by molar-refractivity contribution is -0.122. The molecule has 1 amide bonds. The van der Waals surface area contributed by atoms with Crippen LogP contribution in [0.2, 0.25) is 0 Å². The van der Waals surface area contributed by atoms with Crippen LogP contribution in [0, 0.1) is 5.82 Å². The zero-order chi connectivity index (χ0) is 28.0. The molecule has 4 aromatic rings. The summed E-state index contributed by atoms with van der Waals surface area (Å²) in [5, 5.41) is 1.74. The number of hydrogen-bond acceptors (Lipinski definition) is 4. The van der Waals surface area contributed by atoms with Crippen LogP contribution in [0.5, 0.6) is 0 Å². The molecular formula is C33H31FN4OS. The summed E-state index contributed by atoms with van der Waals surface area (Å²) in [4.78, 5) is 26.1. The highest BCUT2D eigenvalue weighted by molar-refractivity contribution is 8.18. The molecule has 202 valence electrons. The Kier molecular flexibility index (Phi) is 6.62. The lowest BCUT2D eigenvalue weighted by Crippen LogP contribution is -2.42. The van der Waals surface area contributed by atoms with E-state index in [0.717, 1.165) is 39.0 Å². The van der Waals surface area contributed by atoms with Crippen molar-refractivity contribution in [3.63, 3.8) is 0 Å². The number of likely N-dealkylation sites (N-methyl/N-ethyl adjacent to an activating group) is 1. The molecule has 5 nitrogen and oxygen atoms in total. The Morgan fingerprint density at radius 2 is 1.82 bits per heavy atom. The molecule has 0 spiro atoms. The van der Waals surface area contributed by atoms with Crippen molar-refractivity contribution in [1.82, 2.24) is 9.88 Å². The van der Waals surface area contributed by atoms with Crippen molar-refractivity contribution in [3.8, 4) is 0 Å². The van der Waals surface area contributed by atoms with E-state index < -0.39 is 0 Å². The number of aliphatic imine (C=N–C) groups is 1. The molecule has 7 heteroatoms. The smallest absolute Gasteiger partial charge is 0.266 e. The second-order valence-electron chi connectivity index (χ2n) is 10.8. The maximum absolute atomic E-state index is 15.5. The molecule has 2 aliphatic heterocycles. The minimum absolute atomic E-state index is 0.165. The Balaban J connectivity index is 1.35. The van der Waals surface area contributed by atoms with Crippen molar-refractivity contribution in [3.05, 3.63) is 106 Å². The lowest BCUT2D eigenvalue weighted by Gasteiger charge is -2.40. The quantitative estimate of drug-likeness (QED) is 0.258. The average Bonchev–Trinajstić information content (AvgIpc) is 3.47. The van der Waals surface area contributed by atoms with E-state index in [1.54, 1.807) is 17.0 Å². The molecular weight excluding hydrogens is 519 g/mol. The number of fused-ring (bicyclic) bond motifs is 2. The highest BCUT2D eigenvalue weighted by Crippen LogP contribution is 2.41. The minimum Gasteiger partial charge on any atom is -0.365 e. The standard InChI is InChI=1S/C33H31FN4OS/c1-21-19-33(2,3)37(4)29-18-27(34)23(16-26(21)29)17-30-31(39)38(32(40-30)36-24-10-6-5-7-11-24)15-14-22-20-35-28-13-9-8-12-25(22)28/h5-13,16-20,35H,14-15H2,1-4H3/b30-17+,36-32?. The van der Waals surface area contributed by atoms with Crippen LogP contribution in [0.15, 0.2) is 88.9 Å². The number of hydrogen-bond donors (Lipinski definition) is 1. The predicted octanol–water partition coefficient (Wildman–Crippen LogP) is 7.79. The van der Waals surface area contributed by atoms with E-state index in [-0.39, 0.29) is 17.3 Å². The first-order chi connectivity index (χ1) is 19.2. The van der Waals surface area contributed by atoms with Gasteiger partial charge < -0.3 is 9.88 Å². The van der Waals surface area contributed by atoms with Crippen LogP contribution in [-0.4, -0.2) is 40.1 Å². The number of halogens is 1. The van der Waals surface area contributed by atoms with Crippen molar-refractivity contribution in [2.45, 2.75) is 32.7 Å². The SMILES string of the molecule is CC1=CC(C)(C)N(C)c2cc(F)c(/C=C3/SC(=Nc4ccccc4)N(CCc4c[nH]c5ccccc45)C3=O)cc21. The summed E-state index contributed by atoms with van der Waals surface area (Å²) in [6.07, 6.45) is 6.52. The molecule has 0 bridgehead atoms. The molecule has 40 heavy (non-hydrogen) atoms. The van der Waals surface area contributed by atoms with Gasteiger partial charge in [-0.2, -0.15) is 0 Å². The topological polar surface area (TPSA) is 51.7 Å². The molecule has 0 saturated carbocycles. The van der Waals surface area contributed by atoms with Gasteiger partial charge in [0.05, 0.1) is 16.1 Å². The molecule has 0 aliphatic carbocycles. The molecule has 6 rings (SSSR count). The van der Waals surface area contributed by atoms with Crippen LogP contribution < -0.4 is 4.90 Å². The van der Waals surface area contributed by atoms with Crippen LogP contribution >= 0.6 is 11.8 Å².